The van der Waals surface area contributed by atoms with E-state index in [0.29, 0.717) is 4.83 Å². The first kappa shape index (κ1) is 9.13. The molecule has 1 aliphatic rings. The third-order valence-electron chi connectivity index (χ3n) is 2.44. The van der Waals surface area contributed by atoms with E-state index in [4.69, 9.17) is 0 Å². The topological polar surface area (TPSA) is 25.8 Å². The number of aryl methyl sites for hydroxylation is 1. The lowest BCUT2D eigenvalue weighted by Gasteiger charge is -2.07. The summed E-state index contributed by atoms with van der Waals surface area (Å²) in [5.41, 5.74) is 3.93. The zero-order valence-electron chi connectivity index (χ0n) is 7.76. The molecule has 0 aromatic carbocycles. The Hall–Kier alpha value is -0.440. The van der Waals surface area contributed by atoms with E-state index in [1.54, 1.807) is 6.33 Å². The number of rotatable bonds is 2. The highest BCUT2D eigenvalue weighted by Gasteiger charge is 2.17. The molecule has 13 heavy (non-hydrogen) atoms. The van der Waals surface area contributed by atoms with E-state index in [9.17, 15) is 0 Å². The molecule has 0 N–H and O–H groups in total. The summed E-state index contributed by atoms with van der Waals surface area (Å²) < 4.78 is 0. The average Bonchev–Trinajstić information content (AvgIpc) is 2.51. The van der Waals surface area contributed by atoms with Gasteiger partial charge >= 0.3 is 0 Å². The lowest BCUT2D eigenvalue weighted by atomic mass is 10.1. The number of hydrogen-bond donors (Lipinski definition) is 0. The van der Waals surface area contributed by atoms with Crippen LogP contribution >= 0.6 is 15.9 Å². The molecule has 0 saturated heterocycles. The van der Waals surface area contributed by atoms with E-state index in [1.807, 2.05) is 0 Å². The number of fused-ring (bicyclic) bond motifs is 1. The third kappa shape index (κ3) is 1.90. The fraction of sp³-hybridized carbons (Fsp3) is 0.600. The maximum atomic E-state index is 4.35. The van der Waals surface area contributed by atoms with E-state index in [0.717, 1.165) is 12.8 Å². The molecule has 0 spiro atoms. The molecule has 1 unspecified atom stereocenters. The molecule has 0 radical (unpaired) electrons. The van der Waals surface area contributed by atoms with Crippen molar-refractivity contribution in [3.05, 3.63) is 23.3 Å². The fourth-order valence-corrected chi connectivity index (χ4v) is 2.18. The van der Waals surface area contributed by atoms with Gasteiger partial charge in [0, 0.05) is 22.6 Å². The molecular formula is C10H13BrN2. The molecule has 1 atom stereocenters. The maximum Gasteiger partial charge on any atom is 0.115 e. The lowest BCUT2D eigenvalue weighted by molar-refractivity contribution is 0.866. The first-order chi connectivity index (χ1) is 6.27. The van der Waals surface area contributed by atoms with Gasteiger partial charge in [0.2, 0.25) is 0 Å². The highest BCUT2D eigenvalue weighted by atomic mass is 79.9. The zero-order valence-corrected chi connectivity index (χ0v) is 9.34. The second-order valence-electron chi connectivity index (χ2n) is 3.58. The van der Waals surface area contributed by atoms with Gasteiger partial charge in [0.25, 0.3) is 0 Å². The molecule has 1 aromatic rings. The van der Waals surface area contributed by atoms with Crippen LogP contribution in [0, 0.1) is 0 Å². The average molecular weight is 241 g/mol. The summed E-state index contributed by atoms with van der Waals surface area (Å²) in [5, 5.41) is 0. The van der Waals surface area contributed by atoms with Crippen molar-refractivity contribution in [2.45, 2.75) is 37.4 Å². The molecule has 2 nitrogen and oxygen atoms in total. The van der Waals surface area contributed by atoms with E-state index >= 15 is 0 Å². The molecule has 0 fully saturated rings. The summed E-state index contributed by atoms with van der Waals surface area (Å²) >= 11 is 3.56. The van der Waals surface area contributed by atoms with Crippen molar-refractivity contribution in [1.82, 2.24) is 9.97 Å². The number of alkyl halides is 1. The highest BCUT2D eigenvalue weighted by Crippen LogP contribution is 2.23. The summed E-state index contributed by atoms with van der Waals surface area (Å²) in [7, 11) is 0. The summed E-state index contributed by atoms with van der Waals surface area (Å²) in [5.74, 6) is 0. The van der Waals surface area contributed by atoms with Crippen LogP contribution < -0.4 is 0 Å². The Morgan fingerprint density at radius 1 is 1.46 bits per heavy atom. The normalized spacial score (nSPS) is 17.1. The lowest BCUT2D eigenvalue weighted by Crippen LogP contribution is -2.04. The van der Waals surface area contributed by atoms with Crippen molar-refractivity contribution in [3.63, 3.8) is 0 Å². The van der Waals surface area contributed by atoms with Gasteiger partial charge in [0.15, 0.2) is 0 Å². The molecule has 0 saturated carbocycles. The Morgan fingerprint density at radius 2 is 2.31 bits per heavy atom. The fourth-order valence-electron chi connectivity index (χ4n) is 1.87. The minimum Gasteiger partial charge on any atom is -0.241 e. The van der Waals surface area contributed by atoms with Gasteiger partial charge in [0.1, 0.15) is 6.33 Å². The van der Waals surface area contributed by atoms with Crippen molar-refractivity contribution in [2.75, 3.05) is 0 Å². The van der Waals surface area contributed by atoms with E-state index in [2.05, 4.69) is 32.8 Å². The second-order valence-corrected chi connectivity index (χ2v) is 5.15. The van der Waals surface area contributed by atoms with Gasteiger partial charge in [-0.1, -0.05) is 22.9 Å². The number of nitrogens with zero attached hydrogens (tertiary/aromatic N) is 2. The number of aromatic nitrogens is 2. The van der Waals surface area contributed by atoms with Crippen LogP contribution in [0.3, 0.4) is 0 Å². The van der Waals surface area contributed by atoms with Crippen LogP contribution in [-0.4, -0.2) is 14.8 Å². The molecule has 3 heteroatoms. The quantitative estimate of drug-likeness (QED) is 0.742. The first-order valence-corrected chi connectivity index (χ1v) is 5.64. The minimum absolute atomic E-state index is 0.507. The summed E-state index contributed by atoms with van der Waals surface area (Å²) in [6.07, 6.45) is 6.28. The largest absolute Gasteiger partial charge is 0.241 e. The molecule has 0 amide bonds. The van der Waals surface area contributed by atoms with Crippen LogP contribution in [0.15, 0.2) is 6.33 Å². The van der Waals surface area contributed by atoms with Crippen molar-refractivity contribution < 1.29 is 0 Å². The Bertz CT molecular complexity index is 310. The standard InChI is InChI=1S/C10H13BrN2/c1-7(11)5-10-8-3-2-4-9(8)12-6-13-10/h6-7H,2-5H2,1H3. The second kappa shape index (κ2) is 3.74. The first-order valence-electron chi connectivity index (χ1n) is 4.73. The highest BCUT2D eigenvalue weighted by molar-refractivity contribution is 9.09. The van der Waals surface area contributed by atoms with Crippen molar-refractivity contribution in [3.8, 4) is 0 Å². The molecule has 1 aliphatic carbocycles. The Morgan fingerprint density at radius 3 is 3.08 bits per heavy atom. The Labute approximate surface area is 86.9 Å². The van der Waals surface area contributed by atoms with E-state index in [-0.39, 0.29) is 0 Å². The SMILES string of the molecule is CC(Br)Cc1ncnc2c1CCC2. The molecule has 0 aliphatic heterocycles. The molecular weight excluding hydrogens is 228 g/mol. The van der Waals surface area contributed by atoms with Gasteiger partial charge in [-0.25, -0.2) is 9.97 Å². The summed E-state index contributed by atoms with van der Waals surface area (Å²) in [6, 6.07) is 0. The number of halogens is 1. The van der Waals surface area contributed by atoms with Gasteiger partial charge < -0.3 is 0 Å². The van der Waals surface area contributed by atoms with Crippen molar-refractivity contribution in [2.24, 2.45) is 0 Å². The van der Waals surface area contributed by atoms with Crippen molar-refractivity contribution in [1.29, 1.82) is 0 Å². The van der Waals surface area contributed by atoms with E-state index < -0.39 is 0 Å². The van der Waals surface area contributed by atoms with Crippen LogP contribution in [0.5, 0.6) is 0 Å². The Kier molecular flexibility index (Phi) is 2.63. The van der Waals surface area contributed by atoms with Crippen LogP contribution in [0.4, 0.5) is 0 Å². The zero-order chi connectivity index (χ0) is 9.26. The summed E-state index contributed by atoms with van der Waals surface area (Å²) in [6.45, 7) is 2.16. The predicted molar refractivity (Wildman–Crippen MR) is 56.2 cm³/mol. The predicted octanol–water partition coefficient (Wildman–Crippen LogP) is 2.29. The van der Waals surface area contributed by atoms with Gasteiger partial charge in [-0.15, -0.1) is 0 Å². The van der Waals surface area contributed by atoms with Crippen LogP contribution in [-0.2, 0) is 19.3 Å². The molecule has 2 rings (SSSR count). The van der Waals surface area contributed by atoms with Gasteiger partial charge in [-0.05, 0) is 24.8 Å². The minimum atomic E-state index is 0.507. The Balaban J connectivity index is 2.30. The number of hydrogen-bond acceptors (Lipinski definition) is 2. The van der Waals surface area contributed by atoms with Gasteiger partial charge in [-0.3, -0.25) is 0 Å². The maximum absolute atomic E-state index is 4.35. The van der Waals surface area contributed by atoms with Crippen molar-refractivity contribution >= 4 is 15.9 Å². The molecule has 1 heterocycles. The third-order valence-corrected chi connectivity index (χ3v) is 2.76. The summed E-state index contributed by atoms with van der Waals surface area (Å²) in [4.78, 5) is 9.16. The van der Waals surface area contributed by atoms with Crippen LogP contribution in [0.2, 0.25) is 0 Å². The van der Waals surface area contributed by atoms with Gasteiger partial charge in [0.05, 0.1) is 0 Å². The molecule has 0 bridgehead atoms. The smallest absolute Gasteiger partial charge is 0.115 e. The van der Waals surface area contributed by atoms with Crippen LogP contribution in [0.25, 0.3) is 0 Å². The van der Waals surface area contributed by atoms with Crippen LogP contribution in [0.1, 0.15) is 30.3 Å². The molecule has 1 aromatic heterocycles. The molecule has 70 valence electrons. The monoisotopic (exact) mass is 240 g/mol. The van der Waals surface area contributed by atoms with Gasteiger partial charge in [-0.2, -0.15) is 0 Å². The van der Waals surface area contributed by atoms with E-state index in [1.165, 1.54) is 29.8 Å².